The van der Waals surface area contributed by atoms with Crippen molar-refractivity contribution in [2.75, 3.05) is 19.0 Å². The molecule has 1 heterocycles. The lowest BCUT2D eigenvalue weighted by atomic mass is 10.2. The maximum absolute atomic E-state index is 12.4. The molecule has 2 aromatic carbocycles. The molecule has 0 bridgehead atoms. The van der Waals surface area contributed by atoms with Crippen molar-refractivity contribution in [3.8, 4) is 11.5 Å². The quantitative estimate of drug-likeness (QED) is 0.468. The molecule has 2 amide bonds. The fourth-order valence-corrected chi connectivity index (χ4v) is 3.54. The van der Waals surface area contributed by atoms with Crippen molar-refractivity contribution in [3.63, 3.8) is 0 Å². The predicted molar refractivity (Wildman–Crippen MR) is 119 cm³/mol. The average molecular weight is 479 g/mol. The molecule has 0 aliphatic heterocycles. The number of rotatable bonds is 8. The van der Waals surface area contributed by atoms with E-state index >= 15 is 0 Å². The van der Waals surface area contributed by atoms with E-state index in [1.165, 1.54) is 31.2 Å². The lowest BCUT2D eigenvalue weighted by molar-refractivity contribution is -0.153. The minimum atomic E-state index is -4.44. The molecule has 1 aromatic heterocycles. The van der Waals surface area contributed by atoms with Gasteiger partial charge in [-0.25, -0.2) is 4.98 Å². The largest absolute Gasteiger partial charge is 0.497 e. The van der Waals surface area contributed by atoms with Crippen LogP contribution >= 0.6 is 11.3 Å². The zero-order valence-corrected chi connectivity index (χ0v) is 18.4. The molecule has 2 N–H and O–H groups in total. The van der Waals surface area contributed by atoms with Crippen LogP contribution in [0.3, 0.4) is 0 Å². The Labute approximate surface area is 191 Å². The summed E-state index contributed by atoms with van der Waals surface area (Å²) in [5.74, 6) is -0.203. The number of methoxy groups -OCH3 is 1. The first-order chi connectivity index (χ1) is 15.6. The fourth-order valence-electron chi connectivity index (χ4n) is 2.64. The smallest absolute Gasteiger partial charge is 0.422 e. The first kappa shape index (κ1) is 24.1. The molecule has 7 nitrogen and oxygen atoms in total. The van der Waals surface area contributed by atoms with Gasteiger partial charge in [-0.3, -0.25) is 9.59 Å². The molecular weight excluding hydrogens is 459 g/mol. The van der Waals surface area contributed by atoms with E-state index < -0.39 is 30.6 Å². The van der Waals surface area contributed by atoms with Gasteiger partial charge in [0.1, 0.15) is 17.5 Å². The summed E-state index contributed by atoms with van der Waals surface area (Å²) in [7, 11) is 1.56. The Hall–Kier alpha value is -3.60. The van der Waals surface area contributed by atoms with E-state index in [4.69, 9.17) is 9.47 Å². The molecule has 0 saturated heterocycles. The van der Waals surface area contributed by atoms with Crippen LogP contribution in [0.2, 0.25) is 0 Å². The van der Waals surface area contributed by atoms with E-state index in [2.05, 4.69) is 15.6 Å². The number of hydrogen-bond donors (Lipinski definition) is 2. The number of halogens is 3. The standard InChI is InChI=1S/C22H20F3N3O4S/c1-13(26-19(29)10-5-14-3-6-15(31-2)7-4-14)20(30)28-21-27-17-9-8-16(11-18(17)33-21)32-12-22(23,24)25/h3-11,13H,12H2,1-2H3,(H,26,29)(H,27,28,30)/b10-5+. The van der Waals surface area contributed by atoms with Gasteiger partial charge in [0.2, 0.25) is 11.8 Å². The van der Waals surface area contributed by atoms with Crippen LogP contribution in [0, 0.1) is 0 Å². The number of alkyl halides is 3. The molecule has 33 heavy (non-hydrogen) atoms. The van der Waals surface area contributed by atoms with Crippen LogP contribution in [0.5, 0.6) is 11.5 Å². The Morgan fingerprint density at radius 1 is 1.15 bits per heavy atom. The molecule has 1 atom stereocenters. The summed E-state index contributed by atoms with van der Waals surface area (Å²) in [6.07, 6.45) is -1.52. The number of thiazole rings is 1. The van der Waals surface area contributed by atoms with Gasteiger partial charge in [-0.1, -0.05) is 23.5 Å². The van der Waals surface area contributed by atoms with Crippen LogP contribution in [0.1, 0.15) is 12.5 Å². The second-order valence-corrected chi connectivity index (χ2v) is 7.91. The molecule has 0 aliphatic carbocycles. The Morgan fingerprint density at radius 3 is 2.52 bits per heavy atom. The van der Waals surface area contributed by atoms with Crippen molar-refractivity contribution in [2.45, 2.75) is 19.1 Å². The number of benzene rings is 2. The fraction of sp³-hybridized carbons (Fsp3) is 0.227. The number of fused-ring (bicyclic) bond motifs is 1. The summed E-state index contributed by atoms with van der Waals surface area (Å²) in [6.45, 7) is 0.121. The van der Waals surface area contributed by atoms with Gasteiger partial charge in [-0.15, -0.1) is 0 Å². The SMILES string of the molecule is COc1ccc(/C=C/C(=O)NC(C)C(=O)Nc2nc3ccc(OCC(F)(F)F)cc3s2)cc1. The number of aromatic nitrogens is 1. The normalized spacial score (nSPS) is 12.5. The van der Waals surface area contributed by atoms with E-state index in [1.54, 1.807) is 37.5 Å². The molecule has 1 unspecified atom stereocenters. The highest BCUT2D eigenvalue weighted by Crippen LogP contribution is 2.30. The van der Waals surface area contributed by atoms with Gasteiger partial charge in [0.05, 0.1) is 17.3 Å². The summed E-state index contributed by atoms with van der Waals surface area (Å²) < 4.78 is 47.3. The maximum Gasteiger partial charge on any atom is 0.422 e. The van der Waals surface area contributed by atoms with Crippen LogP contribution in [-0.2, 0) is 9.59 Å². The topological polar surface area (TPSA) is 89.5 Å². The minimum Gasteiger partial charge on any atom is -0.497 e. The van der Waals surface area contributed by atoms with Gasteiger partial charge in [0.25, 0.3) is 0 Å². The monoisotopic (exact) mass is 479 g/mol. The van der Waals surface area contributed by atoms with Crippen LogP contribution < -0.4 is 20.1 Å². The number of ether oxygens (including phenoxy) is 2. The van der Waals surface area contributed by atoms with E-state index in [-0.39, 0.29) is 10.9 Å². The lowest BCUT2D eigenvalue weighted by Gasteiger charge is -2.11. The van der Waals surface area contributed by atoms with Crippen molar-refractivity contribution >= 4 is 44.6 Å². The first-order valence-corrected chi connectivity index (χ1v) is 10.5. The number of hydrogen-bond acceptors (Lipinski definition) is 6. The third kappa shape index (κ3) is 7.21. The molecule has 174 valence electrons. The molecule has 11 heteroatoms. The summed E-state index contributed by atoms with van der Waals surface area (Å²) in [5.41, 5.74) is 1.28. The van der Waals surface area contributed by atoms with Gasteiger partial charge >= 0.3 is 6.18 Å². The molecule has 0 aliphatic rings. The Kier molecular flexibility index (Phi) is 7.54. The van der Waals surface area contributed by atoms with Gasteiger partial charge in [0, 0.05) is 6.08 Å². The van der Waals surface area contributed by atoms with E-state index in [0.29, 0.717) is 16.0 Å². The molecule has 0 saturated carbocycles. The number of amides is 2. The zero-order valence-electron chi connectivity index (χ0n) is 17.6. The van der Waals surface area contributed by atoms with Crippen LogP contribution in [0.25, 0.3) is 16.3 Å². The molecule has 3 rings (SSSR count). The molecular formula is C22H20F3N3O4S. The molecule has 0 spiro atoms. The lowest BCUT2D eigenvalue weighted by Crippen LogP contribution is -2.40. The number of nitrogens with one attached hydrogen (secondary N) is 2. The van der Waals surface area contributed by atoms with Crippen molar-refractivity contribution in [1.82, 2.24) is 10.3 Å². The third-order valence-electron chi connectivity index (χ3n) is 4.29. The second-order valence-electron chi connectivity index (χ2n) is 6.88. The third-order valence-corrected chi connectivity index (χ3v) is 5.22. The van der Waals surface area contributed by atoms with Crippen molar-refractivity contribution < 1.29 is 32.2 Å². The number of carbonyl (C=O) groups excluding carboxylic acids is 2. The maximum atomic E-state index is 12.4. The second kappa shape index (κ2) is 10.3. The van der Waals surface area contributed by atoms with Gasteiger partial charge in [0.15, 0.2) is 11.7 Å². The Bertz CT molecular complexity index is 1160. The van der Waals surface area contributed by atoms with Crippen LogP contribution in [0.15, 0.2) is 48.5 Å². The van der Waals surface area contributed by atoms with Crippen molar-refractivity contribution in [1.29, 1.82) is 0 Å². The number of anilines is 1. The summed E-state index contributed by atoms with van der Waals surface area (Å²) >= 11 is 1.08. The molecule has 3 aromatic rings. The summed E-state index contributed by atoms with van der Waals surface area (Å²) in [5, 5.41) is 5.40. The van der Waals surface area contributed by atoms with Crippen LogP contribution in [0.4, 0.5) is 18.3 Å². The highest BCUT2D eigenvalue weighted by molar-refractivity contribution is 7.22. The van der Waals surface area contributed by atoms with Crippen molar-refractivity contribution in [3.05, 3.63) is 54.1 Å². The summed E-state index contributed by atoms with van der Waals surface area (Å²) in [6, 6.07) is 10.5. The Morgan fingerprint density at radius 2 is 1.85 bits per heavy atom. The summed E-state index contributed by atoms with van der Waals surface area (Å²) in [4.78, 5) is 28.7. The van der Waals surface area contributed by atoms with E-state index in [0.717, 1.165) is 16.9 Å². The van der Waals surface area contributed by atoms with Crippen LogP contribution in [-0.4, -0.2) is 42.7 Å². The Balaban J connectivity index is 1.55. The van der Waals surface area contributed by atoms with Gasteiger partial charge in [-0.05, 0) is 48.9 Å². The number of nitrogens with zero attached hydrogens (tertiary/aromatic N) is 1. The zero-order chi connectivity index (χ0) is 24.0. The number of carbonyl (C=O) groups is 2. The van der Waals surface area contributed by atoms with Crippen molar-refractivity contribution in [2.24, 2.45) is 0 Å². The predicted octanol–water partition coefficient (Wildman–Crippen LogP) is 4.40. The van der Waals surface area contributed by atoms with E-state index in [9.17, 15) is 22.8 Å². The highest BCUT2D eigenvalue weighted by Gasteiger charge is 2.28. The highest BCUT2D eigenvalue weighted by atomic mass is 32.1. The molecule has 0 radical (unpaired) electrons. The van der Waals surface area contributed by atoms with Gasteiger partial charge in [-0.2, -0.15) is 13.2 Å². The molecule has 0 fully saturated rings. The minimum absolute atomic E-state index is 0.0469. The first-order valence-electron chi connectivity index (χ1n) is 9.66. The average Bonchev–Trinajstić information content (AvgIpc) is 3.17. The van der Waals surface area contributed by atoms with Gasteiger partial charge < -0.3 is 20.1 Å². The van der Waals surface area contributed by atoms with E-state index in [1.807, 2.05) is 0 Å².